The Bertz CT molecular complexity index is 740. The van der Waals surface area contributed by atoms with Crippen molar-refractivity contribution < 1.29 is 23.9 Å². The second kappa shape index (κ2) is 7.85. The molecule has 0 aliphatic rings. The van der Waals surface area contributed by atoms with E-state index in [0.717, 1.165) is 11.3 Å². The fourth-order valence-electron chi connectivity index (χ4n) is 1.69. The maximum absolute atomic E-state index is 12.2. The van der Waals surface area contributed by atoms with Crippen LogP contribution in [-0.4, -0.2) is 28.6 Å². The highest BCUT2D eigenvalue weighted by molar-refractivity contribution is 9.25. The summed E-state index contributed by atoms with van der Waals surface area (Å²) in [5.41, 5.74) is 0.341. The molecule has 0 amide bonds. The van der Waals surface area contributed by atoms with Crippen LogP contribution in [0.5, 0.6) is 5.75 Å². The lowest BCUT2D eigenvalue weighted by molar-refractivity contribution is 0.0594. The largest absolute Gasteiger partial charge is 0.465 e. The molecular formula is C15H10Br2O5S. The van der Waals surface area contributed by atoms with E-state index in [0.29, 0.717) is 5.56 Å². The monoisotopic (exact) mass is 460 g/mol. The van der Waals surface area contributed by atoms with Crippen LogP contribution in [0.2, 0.25) is 0 Å². The number of hydrogen-bond acceptors (Lipinski definition) is 6. The summed E-state index contributed by atoms with van der Waals surface area (Å²) in [6, 6.07) is 8.28. The Hall–Kier alpha value is -1.51. The average Bonchev–Trinajstić information content (AvgIpc) is 2.97. The molecule has 0 fully saturated rings. The Morgan fingerprint density at radius 3 is 2.30 bits per heavy atom. The van der Waals surface area contributed by atoms with Gasteiger partial charge in [-0.15, -0.1) is 11.3 Å². The minimum Gasteiger partial charge on any atom is -0.465 e. The second-order valence-electron chi connectivity index (χ2n) is 4.22. The minimum atomic E-state index is -0.683. The molecule has 2 rings (SSSR count). The lowest BCUT2D eigenvalue weighted by Crippen LogP contribution is -2.14. The predicted molar refractivity (Wildman–Crippen MR) is 93.0 cm³/mol. The number of Topliss-reactive ketones (excluding diaryl/α,β-unsaturated/α-hetero) is 1. The first-order valence-electron chi connectivity index (χ1n) is 6.25. The fourth-order valence-corrected chi connectivity index (χ4v) is 3.39. The second-order valence-corrected chi connectivity index (χ2v) is 8.16. The molecule has 0 radical (unpaired) electrons. The van der Waals surface area contributed by atoms with E-state index in [2.05, 4.69) is 36.6 Å². The zero-order valence-corrected chi connectivity index (χ0v) is 15.7. The van der Waals surface area contributed by atoms with Crippen LogP contribution >= 0.6 is 43.2 Å². The van der Waals surface area contributed by atoms with Gasteiger partial charge in [-0.1, -0.05) is 50.1 Å². The molecular weight excluding hydrogens is 452 g/mol. The van der Waals surface area contributed by atoms with Gasteiger partial charge in [0.15, 0.2) is 5.75 Å². The number of alkyl halides is 2. The van der Waals surface area contributed by atoms with Crippen molar-refractivity contribution >= 4 is 60.9 Å². The summed E-state index contributed by atoms with van der Waals surface area (Å²) in [7, 11) is 1.21. The number of methoxy groups -OCH3 is 1. The van der Waals surface area contributed by atoms with Crippen molar-refractivity contribution in [2.75, 3.05) is 7.11 Å². The van der Waals surface area contributed by atoms with Crippen LogP contribution in [0.25, 0.3) is 0 Å². The van der Waals surface area contributed by atoms with E-state index in [-0.39, 0.29) is 22.0 Å². The molecule has 0 aliphatic carbocycles. The number of carbonyl (C=O) groups is 3. The van der Waals surface area contributed by atoms with Crippen LogP contribution in [0.15, 0.2) is 35.7 Å². The molecule has 23 heavy (non-hydrogen) atoms. The first-order chi connectivity index (χ1) is 11.0. The summed E-state index contributed by atoms with van der Waals surface area (Å²) >= 11 is 7.21. The molecule has 0 bridgehead atoms. The van der Waals surface area contributed by atoms with E-state index in [9.17, 15) is 14.4 Å². The molecule has 2 aromatic rings. The van der Waals surface area contributed by atoms with E-state index < -0.39 is 15.7 Å². The summed E-state index contributed by atoms with van der Waals surface area (Å²) < 4.78 is 9.31. The smallest absolute Gasteiger partial charge is 0.343 e. The third kappa shape index (κ3) is 4.07. The van der Waals surface area contributed by atoms with Gasteiger partial charge in [0.2, 0.25) is 5.78 Å². The maximum Gasteiger partial charge on any atom is 0.343 e. The van der Waals surface area contributed by atoms with Gasteiger partial charge in [-0.25, -0.2) is 9.59 Å². The van der Waals surface area contributed by atoms with Crippen LogP contribution in [0.1, 0.15) is 30.4 Å². The van der Waals surface area contributed by atoms with Crippen LogP contribution in [0.4, 0.5) is 0 Å². The molecule has 0 unspecified atom stereocenters. The molecule has 8 heteroatoms. The zero-order chi connectivity index (χ0) is 17.0. The lowest BCUT2D eigenvalue weighted by Gasteiger charge is -2.08. The third-order valence-corrected chi connectivity index (χ3v) is 4.58. The highest BCUT2D eigenvalue weighted by atomic mass is 79.9. The summed E-state index contributed by atoms with van der Waals surface area (Å²) in [4.78, 5) is 36.4. The van der Waals surface area contributed by atoms with E-state index in [1.54, 1.807) is 30.3 Å². The highest BCUT2D eigenvalue weighted by Gasteiger charge is 2.28. The van der Waals surface area contributed by atoms with Gasteiger partial charge < -0.3 is 9.47 Å². The molecule has 0 N–H and O–H groups in total. The Kier molecular flexibility index (Phi) is 6.09. The molecule has 1 aromatic heterocycles. The number of esters is 2. The molecule has 120 valence electrons. The molecule has 0 atom stereocenters. The first-order valence-corrected chi connectivity index (χ1v) is 8.96. The Morgan fingerprint density at radius 2 is 1.74 bits per heavy atom. The summed E-state index contributed by atoms with van der Waals surface area (Å²) in [6.07, 6.45) is 0. The van der Waals surface area contributed by atoms with Crippen molar-refractivity contribution in [1.29, 1.82) is 0 Å². The van der Waals surface area contributed by atoms with Gasteiger partial charge in [0, 0.05) is 5.38 Å². The quantitative estimate of drug-likeness (QED) is 0.381. The van der Waals surface area contributed by atoms with Crippen LogP contribution < -0.4 is 4.74 Å². The number of ketones is 1. The van der Waals surface area contributed by atoms with Gasteiger partial charge in [0.05, 0.1) is 12.7 Å². The first kappa shape index (κ1) is 17.8. The SMILES string of the molecule is COC(=O)c1csc(C(=O)C(Br)Br)c1OC(=O)c1ccccc1. The van der Waals surface area contributed by atoms with Gasteiger partial charge >= 0.3 is 11.9 Å². The van der Waals surface area contributed by atoms with Gasteiger partial charge in [0.1, 0.15) is 14.2 Å². The number of hydrogen-bond donors (Lipinski definition) is 0. The van der Waals surface area contributed by atoms with E-state index in [1.165, 1.54) is 12.5 Å². The van der Waals surface area contributed by atoms with E-state index in [1.807, 2.05) is 0 Å². The van der Waals surface area contributed by atoms with Crippen molar-refractivity contribution in [3.05, 3.63) is 51.7 Å². The number of carbonyl (C=O) groups excluding carboxylic acids is 3. The molecule has 1 heterocycles. The van der Waals surface area contributed by atoms with E-state index >= 15 is 0 Å². The molecule has 1 aromatic carbocycles. The predicted octanol–water partition coefficient (Wildman–Crippen LogP) is 4.05. The summed E-state index contributed by atoms with van der Waals surface area (Å²) in [5.74, 6) is -1.80. The van der Waals surface area contributed by atoms with Gasteiger partial charge in [0.25, 0.3) is 0 Å². The number of thiophene rings is 1. The van der Waals surface area contributed by atoms with Crippen molar-refractivity contribution in [2.24, 2.45) is 0 Å². The zero-order valence-electron chi connectivity index (χ0n) is 11.7. The number of rotatable bonds is 5. The third-order valence-electron chi connectivity index (χ3n) is 2.78. The standard InChI is InChI=1S/C15H10Br2O5S/c1-21-15(20)9-7-23-12(10(18)13(16)17)11(9)22-14(19)8-5-3-2-4-6-8/h2-7,13H,1H3. The molecule has 0 saturated carbocycles. The number of halogens is 2. The summed E-state index contributed by atoms with van der Waals surface area (Å²) in [6.45, 7) is 0. The fraction of sp³-hybridized carbons (Fsp3) is 0.133. The topological polar surface area (TPSA) is 69.7 Å². The minimum absolute atomic E-state index is 0.0331. The Morgan fingerprint density at radius 1 is 1.09 bits per heavy atom. The average molecular weight is 462 g/mol. The van der Waals surface area contributed by atoms with Crippen molar-refractivity contribution in [3.8, 4) is 5.75 Å². The number of benzene rings is 1. The maximum atomic E-state index is 12.2. The number of ether oxygens (including phenoxy) is 2. The molecule has 0 saturated heterocycles. The molecule has 5 nitrogen and oxygen atoms in total. The normalized spacial score (nSPS) is 10.4. The van der Waals surface area contributed by atoms with Crippen molar-refractivity contribution in [3.63, 3.8) is 0 Å². The van der Waals surface area contributed by atoms with Crippen LogP contribution in [0, 0.1) is 0 Å². The summed E-state index contributed by atoms with van der Waals surface area (Å²) in [5, 5.41) is 1.43. The molecule has 0 aliphatic heterocycles. The Balaban J connectivity index is 2.42. The van der Waals surface area contributed by atoms with Gasteiger partial charge in [-0.3, -0.25) is 4.79 Å². The lowest BCUT2D eigenvalue weighted by atomic mass is 10.2. The Labute approximate surface area is 152 Å². The van der Waals surface area contributed by atoms with Gasteiger partial charge in [-0.2, -0.15) is 0 Å². The van der Waals surface area contributed by atoms with Crippen molar-refractivity contribution in [2.45, 2.75) is 3.74 Å². The van der Waals surface area contributed by atoms with Crippen molar-refractivity contribution in [1.82, 2.24) is 0 Å². The van der Waals surface area contributed by atoms with Crippen LogP contribution in [0.3, 0.4) is 0 Å². The highest BCUT2D eigenvalue weighted by Crippen LogP contribution is 2.35. The van der Waals surface area contributed by atoms with Gasteiger partial charge in [-0.05, 0) is 12.1 Å². The van der Waals surface area contributed by atoms with E-state index in [4.69, 9.17) is 4.74 Å². The molecule has 0 spiro atoms. The van der Waals surface area contributed by atoms with Crippen LogP contribution in [-0.2, 0) is 4.74 Å².